The molecule has 0 spiro atoms. The van der Waals surface area contributed by atoms with Gasteiger partial charge in [-0.1, -0.05) is 23.2 Å². The minimum absolute atomic E-state index is 0.341. The predicted octanol–water partition coefficient (Wildman–Crippen LogP) is 5.54. The van der Waals surface area contributed by atoms with Gasteiger partial charge in [-0.2, -0.15) is 4.39 Å². The number of rotatable bonds is 3. The lowest BCUT2D eigenvalue weighted by molar-refractivity contribution is 0.102. The number of amides is 1. The Bertz CT molecular complexity index is 1200. The van der Waals surface area contributed by atoms with Gasteiger partial charge in [0.2, 0.25) is 5.95 Å². The highest BCUT2D eigenvalue weighted by Gasteiger charge is 2.38. The zero-order valence-corrected chi connectivity index (χ0v) is 14.6. The summed E-state index contributed by atoms with van der Waals surface area (Å²) >= 11 is 11.9. The van der Waals surface area contributed by atoms with Gasteiger partial charge in [-0.05, 0) is 29.8 Å². The number of aromatic nitrogens is 1. The second-order valence-corrected chi connectivity index (χ2v) is 6.91. The van der Waals surface area contributed by atoms with Crippen molar-refractivity contribution in [3.05, 3.63) is 69.2 Å². The van der Waals surface area contributed by atoms with Crippen molar-refractivity contribution in [3.8, 4) is 11.1 Å². The normalized spacial score (nSPS) is 12.4. The Morgan fingerprint density at radius 1 is 1.12 bits per heavy atom. The van der Waals surface area contributed by atoms with E-state index in [-0.39, 0.29) is 5.91 Å². The molecule has 0 atom stereocenters. The molecule has 26 heavy (non-hydrogen) atoms. The van der Waals surface area contributed by atoms with E-state index in [1.54, 1.807) is 24.3 Å². The first-order chi connectivity index (χ1) is 12.5. The lowest BCUT2D eigenvalue weighted by Gasteiger charge is -2.08. The number of carbonyl (C=O) groups excluding carboxylic acids is 1. The molecule has 0 fully saturated rings. The van der Waals surface area contributed by atoms with Gasteiger partial charge in [0.1, 0.15) is 11.2 Å². The average Bonchev–Trinajstić information content (AvgIpc) is 3.22. The minimum Gasteiger partial charge on any atom is -0.455 e. The van der Waals surface area contributed by atoms with E-state index in [0.29, 0.717) is 43.6 Å². The number of nitrogens with zero attached hydrogens (tertiary/aromatic N) is 1. The molecule has 1 aliphatic carbocycles. The van der Waals surface area contributed by atoms with E-state index in [1.165, 1.54) is 12.3 Å². The lowest BCUT2D eigenvalue weighted by atomic mass is 10.00. The average molecular weight is 387 g/mol. The number of halogens is 3. The molecule has 4 aromatic rings. The number of pyridine rings is 1. The maximum absolute atomic E-state index is 13.6. The van der Waals surface area contributed by atoms with Crippen LogP contribution in [-0.4, -0.2) is 10.9 Å². The summed E-state index contributed by atoms with van der Waals surface area (Å²) in [5, 5.41) is 3.55. The van der Waals surface area contributed by atoms with E-state index in [0.717, 1.165) is 17.5 Å². The number of fused-ring (bicyclic) bond motifs is 5. The second-order valence-electron chi connectivity index (χ2n) is 6.09. The summed E-state index contributed by atoms with van der Waals surface area (Å²) in [4.78, 5) is 16.5. The van der Waals surface area contributed by atoms with Gasteiger partial charge >= 0.3 is 0 Å². The molecule has 0 saturated heterocycles. The summed E-state index contributed by atoms with van der Waals surface area (Å²) in [6.07, 6.45) is 2.16. The van der Waals surface area contributed by atoms with Crippen LogP contribution < -0.4 is 5.32 Å². The van der Waals surface area contributed by atoms with E-state index in [9.17, 15) is 9.18 Å². The fraction of sp³-hybridized carbons (Fsp3) is 0.0526. The minimum atomic E-state index is -0.613. The van der Waals surface area contributed by atoms with E-state index >= 15 is 0 Å². The zero-order valence-electron chi connectivity index (χ0n) is 13.1. The highest BCUT2D eigenvalue weighted by atomic mass is 35.5. The van der Waals surface area contributed by atoms with Crippen molar-refractivity contribution >= 4 is 46.0 Å². The standard InChI is InChI=1S/C19H9Cl2FN2O2/c20-12-2-1-9(6-13(12)21)24-19(25)16-15(8-3-4-23-14(22)5-8)17-10-7-11(10)18(16)26-17/h1-6H,7H2,(H,24,25). The molecule has 3 heterocycles. The van der Waals surface area contributed by atoms with Crippen molar-refractivity contribution in [2.24, 2.45) is 0 Å². The van der Waals surface area contributed by atoms with Crippen LogP contribution in [0.4, 0.5) is 10.1 Å². The van der Waals surface area contributed by atoms with Crippen molar-refractivity contribution in [1.29, 1.82) is 0 Å². The molecule has 0 unspecified atom stereocenters. The van der Waals surface area contributed by atoms with Gasteiger partial charge < -0.3 is 9.73 Å². The van der Waals surface area contributed by atoms with Crippen molar-refractivity contribution in [2.45, 2.75) is 6.42 Å². The highest BCUT2D eigenvalue weighted by molar-refractivity contribution is 6.42. The van der Waals surface area contributed by atoms with E-state index in [1.807, 2.05) is 0 Å². The van der Waals surface area contributed by atoms with Gasteiger partial charge in [0.05, 0.1) is 15.6 Å². The van der Waals surface area contributed by atoms with Crippen molar-refractivity contribution in [1.82, 2.24) is 4.98 Å². The van der Waals surface area contributed by atoms with Crippen LogP contribution in [0.3, 0.4) is 0 Å². The second kappa shape index (κ2) is 5.43. The third-order valence-corrected chi connectivity index (χ3v) is 5.21. The summed E-state index contributed by atoms with van der Waals surface area (Å²) in [6, 6.07) is 7.79. The molecule has 0 aliphatic heterocycles. The Morgan fingerprint density at radius 2 is 1.92 bits per heavy atom. The molecule has 4 nitrogen and oxygen atoms in total. The smallest absolute Gasteiger partial charge is 0.260 e. The van der Waals surface area contributed by atoms with Crippen molar-refractivity contribution < 1.29 is 13.6 Å². The van der Waals surface area contributed by atoms with Gasteiger partial charge in [-0.15, -0.1) is 0 Å². The highest BCUT2D eigenvalue weighted by Crippen LogP contribution is 2.50. The number of benzene rings is 2. The largest absolute Gasteiger partial charge is 0.455 e. The molecule has 3 aromatic heterocycles. The van der Waals surface area contributed by atoms with Crippen LogP contribution in [0.15, 0.2) is 40.9 Å². The fourth-order valence-electron chi connectivity index (χ4n) is 3.24. The molecule has 7 heteroatoms. The first kappa shape index (κ1) is 15.6. The molecule has 1 amide bonds. The van der Waals surface area contributed by atoms with Gasteiger partial charge in [-0.3, -0.25) is 4.79 Å². The van der Waals surface area contributed by atoms with Gasteiger partial charge in [-0.25, -0.2) is 4.98 Å². The van der Waals surface area contributed by atoms with Gasteiger partial charge in [0.25, 0.3) is 5.91 Å². The molecule has 2 bridgehead atoms. The SMILES string of the molecule is O=C(Nc1ccc(Cl)c(Cl)c1)c1c(-c2ccnc(F)c2)c2oc1c1c2C1. The molecule has 5 rings (SSSR count). The number of hydrogen-bond donors (Lipinski definition) is 1. The quantitative estimate of drug-likeness (QED) is 0.414. The van der Waals surface area contributed by atoms with E-state index in [4.69, 9.17) is 27.6 Å². The summed E-state index contributed by atoms with van der Waals surface area (Å²) in [7, 11) is 0. The van der Waals surface area contributed by atoms with Crippen LogP contribution >= 0.6 is 23.2 Å². The van der Waals surface area contributed by atoms with E-state index in [2.05, 4.69) is 10.3 Å². The molecule has 1 aromatic carbocycles. The van der Waals surface area contributed by atoms with Crippen LogP contribution in [-0.2, 0) is 6.42 Å². The number of nitrogens with one attached hydrogen (secondary N) is 1. The van der Waals surface area contributed by atoms with Gasteiger partial charge in [0, 0.05) is 41.1 Å². The Balaban J connectivity index is 1.60. The first-order valence-corrected chi connectivity index (χ1v) is 8.56. The zero-order chi connectivity index (χ0) is 18.0. The van der Waals surface area contributed by atoms with Crippen LogP contribution in [0.5, 0.6) is 0 Å². The van der Waals surface area contributed by atoms with Crippen molar-refractivity contribution in [3.63, 3.8) is 0 Å². The lowest BCUT2D eigenvalue weighted by Crippen LogP contribution is -2.12. The van der Waals surface area contributed by atoms with Crippen LogP contribution in [0.25, 0.3) is 22.3 Å². The number of hydrogen-bond acceptors (Lipinski definition) is 3. The predicted molar refractivity (Wildman–Crippen MR) is 97.8 cm³/mol. The summed E-state index contributed by atoms with van der Waals surface area (Å²) in [5.74, 6) is -0.961. The summed E-state index contributed by atoms with van der Waals surface area (Å²) in [6.45, 7) is 0. The number of carbonyl (C=O) groups is 1. The topological polar surface area (TPSA) is 55.1 Å². The van der Waals surface area contributed by atoms with Crippen LogP contribution in [0, 0.1) is 5.95 Å². The first-order valence-electron chi connectivity index (χ1n) is 7.81. The van der Waals surface area contributed by atoms with Crippen LogP contribution in [0.2, 0.25) is 10.0 Å². The Kier molecular flexibility index (Phi) is 3.26. The fourth-order valence-corrected chi connectivity index (χ4v) is 3.54. The summed E-state index contributed by atoms with van der Waals surface area (Å²) in [5.41, 5.74) is 5.37. The molecular weight excluding hydrogens is 378 g/mol. The van der Waals surface area contributed by atoms with Gasteiger partial charge in [0.15, 0.2) is 0 Å². The van der Waals surface area contributed by atoms with E-state index < -0.39 is 5.95 Å². The maximum Gasteiger partial charge on any atom is 0.260 e. The maximum atomic E-state index is 13.6. The molecule has 128 valence electrons. The third kappa shape index (κ3) is 2.28. The van der Waals surface area contributed by atoms with Crippen LogP contribution in [0.1, 0.15) is 21.5 Å². The Hall–Kier alpha value is -2.63. The molecule has 0 saturated carbocycles. The Labute approximate surface area is 156 Å². The molecular formula is C19H9Cl2FN2O2. The Morgan fingerprint density at radius 3 is 2.69 bits per heavy atom. The molecule has 1 N–H and O–H groups in total. The summed E-state index contributed by atoms with van der Waals surface area (Å²) < 4.78 is 19.4. The number of anilines is 1. The molecule has 0 radical (unpaired) electrons. The molecule has 1 aliphatic rings. The third-order valence-electron chi connectivity index (χ3n) is 4.47. The monoisotopic (exact) mass is 386 g/mol. The number of furan rings is 2. The van der Waals surface area contributed by atoms with Crippen molar-refractivity contribution in [2.75, 3.05) is 5.32 Å².